The van der Waals surface area contributed by atoms with Crippen LogP contribution in [0.2, 0.25) is 5.02 Å². The van der Waals surface area contributed by atoms with Gasteiger partial charge in [0.25, 0.3) is 0 Å². The van der Waals surface area contributed by atoms with Gasteiger partial charge in [0.15, 0.2) is 0 Å². The van der Waals surface area contributed by atoms with E-state index in [0.717, 1.165) is 12.2 Å². The summed E-state index contributed by atoms with van der Waals surface area (Å²) in [5.74, 6) is 0.635. The van der Waals surface area contributed by atoms with Crippen molar-refractivity contribution in [2.75, 3.05) is 12.4 Å². The second-order valence-electron chi connectivity index (χ2n) is 3.73. The highest BCUT2D eigenvalue weighted by atomic mass is 35.5. The van der Waals surface area contributed by atoms with Crippen molar-refractivity contribution in [2.45, 2.75) is 13.2 Å². The summed E-state index contributed by atoms with van der Waals surface area (Å²) >= 11 is 7.84. The van der Waals surface area contributed by atoms with E-state index in [2.05, 4.69) is 11.4 Å². The smallest absolute Gasteiger partial charge is 0.126 e. The van der Waals surface area contributed by atoms with E-state index in [-0.39, 0.29) is 6.61 Å². The van der Waals surface area contributed by atoms with Gasteiger partial charge in [-0.05, 0) is 17.5 Å². The Labute approximate surface area is 115 Å². The van der Waals surface area contributed by atoms with Crippen molar-refractivity contribution in [1.29, 1.82) is 0 Å². The zero-order valence-corrected chi connectivity index (χ0v) is 11.5. The van der Waals surface area contributed by atoms with Gasteiger partial charge in [0.05, 0.1) is 24.4 Å². The molecule has 96 valence electrons. The molecule has 0 aliphatic rings. The summed E-state index contributed by atoms with van der Waals surface area (Å²) in [6.45, 7) is 0.632. The summed E-state index contributed by atoms with van der Waals surface area (Å²) in [6.07, 6.45) is 0. The van der Waals surface area contributed by atoms with E-state index in [4.69, 9.17) is 16.3 Å². The molecule has 1 aromatic heterocycles. The number of thiophene rings is 1. The second kappa shape index (κ2) is 6.09. The van der Waals surface area contributed by atoms with Crippen LogP contribution < -0.4 is 10.1 Å². The molecule has 0 saturated carbocycles. The van der Waals surface area contributed by atoms with E-state index in [0.29, 0.717) is 16.3 Å². The molecule has 1 aromatic carbocycles. The third-order valence-electron chi connectivity index (χ3n) is 2.57. The molecule has 0 unspecified atom stereocenters. The molecule has 0 aliphatic heterocycles. The Balaban J connectivity index is 2.17. The Hall–Kier alpha value is -1.23. The summed E-state index contributed by atoms with van der Waals surface area (Å²) in [5, 5.41) is 15.1. The molecule has 0 spiro atoms. The monoisotopic (exact) mass is 283 g/mol. The van der Waals surface area contributed by atoms with Crippen LogP contribution in [0.15, 0.2) is 29.6 Å². The molecule has 0 bridgehead atoms. The molecular weight excluding hydrogens is 270 g/mol. The van der Waals surface area contributed by atoms with Gasteiger partial charge in [-0.1, -0.05) is 17.7 Å². The summed E-state index contributed by atoms with van der Waals surface area (Å²) in [7, 11) is 1.57. The van der Waals surface area contributed by atoms with Crippen LogP contribution in [0.1, 0.15) is 10.4 Å². The number of ether oxygens (including phenoxy) is 1. The predicted octanol–water partition coefficient (Wildman–Crippen LogP) is 3.51. The Morgan fingerprint density at radius 1 is 1.44 bits per heavy atom. The zero-order valence-electron chi connectivity index (χ0n) is 9.94. The molecule has 0 radical (unpaired) electrons. The first kappa shape index (κ1) is 13.2. The first-order valence-corrected chi connectivity index (χ1v) is 6.74. The molecular formula is C13H14ClNO2S. The predicted molar refractivity (Wildman–Crippen MR) is 75.6 cm³/mol. The highest BCUT2D eigenvalue weighted by molar-refractivity contribution is 7.09. The van der Waals surface area contributed by atoms with E-state index < -0.39 is 0 Å². The molecule has 3 nitrogen and oxygen atoms in total. The van der Waals surface area contributed by atoms with Crippen LogP contribution in [0.25, 0.3) is 0 Å². The van der Waals surface area contributed by atoms with Crippen molar-refractivity contribution in [3.63, 3.8) is 0 Å². The number of nitrogens with one attached hydrogen (secondary N) is 1. The highest BCUT2D eigenvalue weighted by Crippen LogP contribution is 2.31. The molecule has 0 amide bonds. The van der Waals surface area contributed by atoms with Crippen LogP contribution >= 0.6 is 22.9 Å². The Morgan fingerprint density at radius 2 is 2.28 bits per heavy atom. The number of rotatable bonds is 5. The third-order valence-corrected chi connectivity index (χ3v) is 3.76. The maximum atomic E-state index is 9.19. The standard InChI is InChI=1S/C13H14ClNO2S/c1-17-13-6-12(11(14)5-9(13)8-16)15-7-10-3-2-4-18-10/h2-6,15-16H,7-8H2,1H3. The van der Waals surface area contributed by atoms with Gasteiger partial charge >= 0.3 is 0 Å². The number of benzene rings is 1. The van der Waals surface area contributed by atoms with Gasteiger partial charge in [-0.25, -0.2) is 0 Å². The quantitative estimate of drug-likeness (QED) is 0.882. The molecule has 2 rings (SSSR count). The van der Waals surface area contributed by atoms with E-state index in [1.54, 1.807) is 24.5 Å². The lowest BCUT2D eigenvalue weighted by atomic mass is 10.2. The summed E-state index contributed by atoms with van der Waals surface area (Å²) < 4.78 is 5.21. The van der Waals surface area contributed by atoms with Crippen LogP contribution in [-0.4, -0.2) is 12.2 Å². The average molecular weight is 284 g/mol. The largest absolute Gasteiger partial charge is 0.496 e. The molecule has 0 saturated heterocycles. The van der Waals surface area contributed by atoms with Gasteiger partial charge < -0.3 is 15.2 Å². The Bertz CT molecular complexity index is 514. The number of halogens is 1. The maximum Gasteiger partial charge on any atom is 0.126 e. The number of hydrogen-bond acceptors (Lipinski definition) is 4. The molecule has 5 heteroatoms. The molecule has 2 aromatic rings. The molecule has 0 fully saturated rings. The normalized spacial score (nSPS) is 10.4. The third kappa shape index (κ3) is 2.96. The number of aliphatic hydroxyl groups excluding tert-OH is 1. The lowest BCUT2D eigenvalue weighted by molar-refractivity contribution is 0.274. The zero-order chi connectivity index (χ0) is 13.0. The van der Waals surface area contributed by atoms with Crippen molar-refractivity contribution in [1.82, 2.24) is 0 Å². The van der Waals surface area contributed by atoms with Gasteiger partial charge in [0, 0.05) is 23.1 Å². The number of aliphatic hydroxyl groups is 1. The summed E-state index contributed by atoms with van der Waals surface area (Å²) in [4.78, 5) is 1.23. The van der Waals surface area contributed by atoms with Crippen LogP contribution in [0.4, 0.5) is 5.69 Å². The van der Waals surface area contributed by atoms with Gasteiger partial charge in [0.1, 0.15) is 5.75 Å². The fraction of sp³-hybridized carbons (Fsp3) is 0.231. The Kier molecular flexibility index (Phi) is 4.47. The minimum absolute atomic E-state index is 0.0892. The van der Waals surface area contributed by atoms with Crippen molar-refractivity contribution in [3.05, 3.63) is 45.1 Å². The molecule has 0 atom stereocenters. The summed E-state index contributed by atoms with van der Waals surface area (Å²) in [5.41, 5.74) is 1.49. The van der Waals surface area contributed by atoms with Gasteiger partial charge in [-0.2, -0.15) is 0 Å². The molecule has 0 aliphatic carbocycles. The maximum absolute atomic E-state index is 9.19. The molecule has 2 N–H and O–H groups in total. The van der Waals surface area contributed by atoms with Gasteiger partial charge in [-0.3, -0.25) is 0 Å². The second-order valence-corrected chi connectivity index (χ2v) is 5.17. The van der Waals surface area contributed by atoms with E-state index in [1.165, 1.54) is 4.88 Å². The molecule has 18 heavy (non-hydrogen) atoms. The van der Waals surface area contributed by atoms with Crippen molar-refractivity contribution in [3.8, 4) is 5.75 Å². The van der Waals surface area contributed by atoms with Gasteiger partial charge in [-0.15, -0.1) is 11.3 Å². The van der Waals surface area contributed by atoms with Crippen molar-refractivity contribution < 1.29 is 9.84 Å². The van der Waals surface area contributed by atoms with Crippen LogP contribution in [-0.2, 0) is 13.2 Å². The van der Waals surface area contributed by atoms with Crippen molar-refractivity contribution >= 4 is 28.6 Å². The number of anilines is 1. The first-order valence-electron chi connectivity index (χ1n) is 5.48. The Morgan fingerprint density at radius 3 is 2.89 bits per heavy atom. The van der Waals surface area contributed by atoms with Crippen LogP contribution in [0.3, 0.4) is 0 Å². The summed E-state index contributed by atoms with van der Waals surface area (Å²) in [6, 6.07) is 7.60. The lowest BCUT2D eigenvalue weighted by Gasteiger charge is -2.12. The first-order chi connectivity index (χ1) is 8.74. The van der Waals surface area contributed by atoms with Crippen LogP contribution in [0.5, 0.6) is 5.75 Å². The van der Waals surface area contributed by atoms with Crippen molar-refractivity contribution in [2.24, 2.45) is 0 Å². The number of methoxy groups -OCH3 is 1. The topological polar surface area (TPSA) is 41.5 Å². The van der Waals surface area contributed by atoms with Gasteiger partial charge in [0.2, 0.25) is 0 Å². The molecule has 1 heterocycles. The highest BCUT2D eigenvalue weighted by Gasteiger charge is 2.08. The van der Waals surface area contributed by atoms with E-state index in [1.807, 2.05) is 17.5 Å². The number of hydrogen-bond donors (Lipinski definition) is 2. The van der Waals surface area contributed by atoms with E-state index >= 15 is 0 Å². The fourth-order valence-electron chi connectivity index (χ4n) is 1.64. The van der Waals surface area contributed by atoms with Crippen LogP contribution in [0, 0.1) is 0 Å². The lowest BCUT2D eigenvalue weighted by Crippen LogP contribution is -2.00. The fourth-order valence-corrected chi connectivity index (χ4v) is 2.54. The SMILES string of the molecule is COc1cc(NCc2cccs2)c(Cl)cc1CO. The van der Waals surface area contributed by atoms with E-state index in [9.17, 15) is 5.11 Å². The minimum Gasteiger partial charge on any atom is -0.496 e. The average Bonchev–Trinajstić information content (AvgIpc) is 2.90. The minimum atomic E-state index is -0.0892.